The van der Waals surface area contributed by atoms with Crippen molar-refractivity contribution in [2.75, 3.05) is 12.4 Å². The van der Waals surface area contributed by atoms with Crippen LogP contribution >= 0.6 is 11.6 Å². The first-order chi connectivity index (χ1) is 8.61. The topological polar surface area (TPSA) is 50.7 Å². The Morgan fingerprint density at radius 2 is 2.06 bits per heavy atom. The SMILES string of the molecule is CNc1cc(C(C)C)nc(-c2ncccc2Cl)n1. The van der Waals surface area contributed by atoms with Gasteiger partial charge in [0.15, 0.2) is 5.82 Å². The molecular formula is C13H15ClN4. The van der Waals surface area contributed by atoms with Crippen molar-refractivity contribution in [2.24, 2.45) is 0 Å². The predicted molar refractivity (Wildman–Crippen MR) is 73.9 cm³/mol. The number of anilines is 1. The number of hydrogen-bond acceptors (Lipinski definition) is 4. The van der Waals surface area contributed by atoms with Crippen molar-refractivity contribution in [1.29, 1.82) is 0 Å². The van der Waals surface area contributed by atoms with Crippen LogP contribution in [0.2, 0.25) is 5.02 Å². The van der Waals surface area contributed by atoms with E-state index in [9.17, 15) is 0 Å². The highest BCUT2D eigenvalue weighted by molar-refractivity contribution is 6.32. The minimum absolute atomic E-state index is 0.321. The molecule has 0 aromatic carbocycles. The lowest BCUT2D eigenvalue weighted by Crippen LogP contribution is -2.03. The molecule has 0 fully saturated rings. The fourth-order valence-electron chi connectivity index (χ4n) is 1.55. The van der Waals surface area contributed by atoms with Gasteiger partial charge in [0.2, 0.25) is 0 Å². The van der Waals surface area contributed by atoms with Gasteiger partial charge in [-0.15, -0.1) is 0 Å². The molecule has 0 radical (unpaired) electrons. The summed E-state index contributed by atoms with van der Waals surface area (Å²) in [6.07, 6.45) is 1.69. The average molecular weight is 263 g/mol. The largest absolute Gasteiger partial charge is 0.373 e. The molecule has 0 aliphatic heterocycles. The van der Waals surface area contributed by atoms with Crippen LogP contribution in [0.1, 0.15) is 25.5 Å². The van der Waals surface area contributed by atoms with Crippen LogP contribution in [-0.2, 0) is 0 Å². The fraction of sp³-hybridized carbons (Fsp3) is 0.308. The van der Waals surface area contributed by atoms with Gasteiger partial charge >= 0.3 is 0 Å². The van der Waals surface area contributed by atoms with Crippen molar-refractivity contribution in [3.8, 4) is 11.5 Å². The van der Waals surface area contributed by atoms with Crippen LogP contribution in [0.15, 0.2) is 24.4 Å². The highest BCUT2D eigenvalue weighted by atomic mass is 35.5. The summed E-state index contributed by atoms with van der Waals surface area (Å²) in [7, 11) is 1.83. The summed E-state index contributed by atoms with van der Waals surface area (Å²) >= 11 is 6.12. The summed E-state index contributed by atoms with van der Waals surface area (Å²) < 4.78 is 0. The molecule has 0 saturated heterocycles. The van der Waals surface area contributed by atoms with Gasteiger partial charge in [-0.05, 0) is 18.1 Å². The second-order valence-corrected chi connectivity index (χ2v) is 4.65. The van der Waals surface area contributed by atoms with Crippen LogP contribution in [0.3, 0.4) is 0 Å². The highest BCUT2D eigenvalue weighted by Crippen LogP contribution is 2.25. The molecule has 94 valence electrons. The smallest absolute Gasteiger partial charge is 0.181 e. The molecule has 0 unspecified atom stereocenters. The van der Waals surface area contributed by atoms with E-state index >= 15 is 0 Å². The number of rotatable bonds is 3. The first kappa shape index (κ1) is 12.8. The Morgan fingerprint density at radius 3 is 2.67 bits per heavy atom. The van der Waals surface area contributed by atoms with Crippen LogP contribution in [0, 0.1) is 0 Å². The number of halogens is 1. The average Bonchev–Trinajstić information content (AvgIpc) is 2.38. The standard InChI is InChI=1S/C13H15ClN4/c1-8(2)10-7-11(15-3)18-13(17-10)12-9(14)5-4-6-16-12/h4-8H,1-3H3,(H,15,17,18). The molecule has 5 heteroatoms. The third-order valence-electron chi connectivity index (χ3n) is 2.56. The molecule has 0 atom stereocenters. The number of nitrogens with one attached hydrogen (secondary N) is 1. The van der Waals surface area contributed by atoms with E-state index in [1.54, 1.807) is 18.3 Å². The Kier molecular flexibility index (Phi) is 3.77. The lowest BCUT2D eigenvalue weighted by Gasteiger charge is -2.10. The maximum Gasteiger partial charge on any atom is 0.181 e. The van der Waals surface area contributed by atoms with Crippen molar-refractivity contribution >= 4 is 17.4 Å². The summed E-state index contributed by atoms with van der Waals surface area (Å²) in [5.74, 6) is 1.64. The summed E-state index contributed by atoms with van der Waals surface area (Å²) in [5.41, 5.74) is 1.57. The molecule has 0 saturated carbocycles. The molecular weight excluding hydrogens is 248 g/mol. The molecule has 2 heterocycles. The van der Waals surface area contributed by atoms with E-state index in [1.165, 1.54) is 0 Å². The summed E-state index contributed by atoms with van der Waals surface area (Å²) in [6, 6.07) is 5.51. The maximum atomic E-state index is 6.12. The highest BCUT2D eigenvalue weighted by Gasteiger charge is 2.12. The quantitative estimate of drug-likeness (QED) is 0.922. The van der Waals surface area contributed by atoms with Crippen LogP contribution < -0.4 is 5.32 Å². The van der Waals surface area contributed by atoms with Crippen LogP contribution in [0.5, 0.6) is 0 Å². The molecule has 1 N–H and O–H groups in total. The second-order valence-electron chi connectivity index (χ2n) is 4.24. The van der Waals surface area contributed by atoms with E-state index in [-0.39, 0.29) is 0 Å². The Balaban J connectivity index is 2.57. The first-order valence-electron chi connectivity index (χ1n) is 5.79. The molecule has 18 heavy (non-hydrogen) atoms. The van der Waals surface area contributed by atoms with E-state index in [1.807, 2.05) is 13.1 Å². The van der Waals surface area contributed by atoms with Gasteiger partial charge in [-0.25, -0.2) is 9.97 Å². The Labute approximate surface area is 111 Å². The number of aromatic nitrogens is 3. The molecule has 2 rings (SSSR count). The van der Waals surface area contributed by atoms with E-state index < -0.39 is 0 Å². The van der Waals surface area contributed by atoms with Gasteiger partial charge in [0.05, 0.1) is 5.02 Å². The van der Waals surface area contributed by atoms with Crippen LogP contribution in [0.25, 0.3) is 11.5 Å². The lowest BCUT2D eigenvalue weighted by molar-refractivity contribution is 0.816. The Morgan fingerprint density at radius 1 is 1.28 bits per heavy atom. The minimum Gasteiger partial charge on any atom is -0.373 e. The van der Waals surface area contributed by atoms with Crippen molar-refractivity contribution in [3.63, 3.8) is 0 Å². The number of hydrogen-bond donors (Lipinski definition) is 1. The van der Waals surface area contributed by atoms with Gasteiger partial charge in [0.25, 0.3) is 0 Å². The van der Waals surface area contributed by atoms with Crippen molar-refractivity contribution in [2.45, 2.75) is 19.8 Å². The van der Waals surface area contributed by atoms with Crippen LogP contribution in [-0.4, -0.2) is 22.0 Å². The zero-order chi connectivity index (χ0) is 13.1. The Bertz CT molecular complexity index is 554. The zero-order valence-corrected chi connectivity index (χ0v) is 11.4. The predicted octanol–water partition coefficient (Wildman–Crippen LogP) is 3.36. The molecule has 0 aliphatic rings. The molecule has 2 aromatic rings. The summed E-state index contributed by atoms with van der Waals surface area (Å²) in [6.45, 7) is 4.18. The first-order valence-corrected chi connectivity index (χ1v) is 6.17. The van der Waals surface area contributed by atoms with E-state index in [0.29, 0.717) is 22.5 Å². The fourth-order valence-corrected chi connectivity index (χ4v) is 1.75. The number of nitrogens with zero attached hydrogens (tertiary/aromatic N) is 3. The Hall–Kier alpha value is -1.68. The third kappa shape index (κ3) is 2.59. The van der Waals surface area contributed by atoms with Gasteiger partial charge in [0.1, 0.15) is 11.5 Å². The molecule has 2 aromatic heterocycles. The summed E-state index contributed by atoms with van der Waals surface area (Å²) in [5, 5.41) is 3.59. The van der Waals surface area contributed by atoms with Gasteiger partial charge in [0, 0.05) is 25.0 Å². The van der Waals surface area contributed by atoms with Gasteiger partial charge < -0.3 is 5.32 Å². The van der Waals surface area contributed by atoms with Crippen molar-refractivity contribution in [3.05, 3.63) is 35.1 Å². The zero-order valence-electron chi connectivity index (χ0n) is 10.6. The molecule has 0 bridgehead atoms. The monoisotopic (exact) mass is 262 g/mol. The van der Waals surface area contributed by atoms with E-state index in [4.69, 9.17) is 11.6 Å². The van der Waals surface area contributed by atoms with E-state index in [2.05, 4.69) is 34.1 Å². The van der Waals surface area contributed by atoms with Gasteiger partial charge in [-0.1, -0.05) is 25.4 Å². The molecule has 0 amide bonds. The van der Waals surface area contributed by atoms with Gasteiger partial charge in [-0.2, -0.15) is 0 Å². The molecule has 4 nitrogen and oxygen atoms in total. The van der Waals surface area contributed by atoms with Crippen molar-refractivity contribution in [1.82, 2.24) is 15.0 Å². The van der Waals surface area contributed by atoms with Gasteiger partial charge in [-0.3, -0.25) is 4.98 Å². The van der Waals surface area contributed by atoms with Crippen LogP contribution in [0.4, 0.5) is 5.82 Å². The lowest BCUT2D eigenvalue weighted by atomic mass is 10.1. The summed E-state index contributed by atoms with van der Waals surface area (Å²) in [4.78, 5) is 13.1. The second kappa shape index (κ2) is 5.31. The van der Waals surface area contributed by atoms with Crippen molar-refractivity contribution < 1.29 is 0 Å². The number of pyridine rings is 1. The molecule has 0 aliphatic carbocycles. The normalized spacial score (nSPS) is 10.7. The third-order valence-corrected chi connectivity index (χ3v) is 2.87. The van der Waals surface area contributed by atoms with E-state index in [0.717, 1.165) is 11.5 Å². The molecule has 0 spiro atoms. The maximum absolute atomic E-state index is 6.12. The minimum atomic E-state index is 0.321.